The fourth-order valence-electron chi connectivity index (χ4n) is 4.03. The molecule has 0 aliphatic carbocycles. The summed E-state index contributed by atoms with van der Waals surface area (Å²) in [5, 5.41) is 12.8. The van der Waals surface area contributed by atoms with E-state index in [2.05, 4.69) is 36.9 Å². The number of aryl methyl sites for hydroxylation is 1. The average molecular weight is 359 g/mol. The van der Waals surface area contributed by atoms with Crippen LogP contribution >= 0.6 is 11.3 Å². The van der Waals surface area contributed by atoms with E-state index >= 15 is 0 Å². The monoisotopic (exact) mass is 359 g/mol. The third-order valence-corrected chi connectivity index (χ3v) is 6.59. The molecular formula is C22H21N3S. The molecule has 1 aliphatic heterocycles. The Kier molecular flexibility index (Phi) is 3.50. The van der Waals surface area contributed by atoms with Crippen molar-refractivity contribution in [2.24, 2.45) is 5.92 Å². The van der Waals surface area contributed by atoms with Crippen molar-refractivity contribution in [2.45, 2.75) is 20.3 Å². The zero-order chi connectivity index (χ0) is 17.8. The summed E-state index contributed by atoms with van der Waals surface area (Å²) in [6.07, 6.45) is 1.20. The molecule has 1 fully saturated rings. The first-order valence-electron chi connectivity index (χ1n) is 9.17. The third-order valence-electron chi connectivity index (χ3n) is 5.42. The summed E-state index contributed by atoms with van der Waals surface area (Å²) in [6.45, 7) is 6.51. The predicted molar refractivity (Wildman–Crippen MR) is 111 cm³/mol. The fraction of sp³-hybridized carbons (Fsp3) is 0.273. The normalized spacial score (nSPS) is 17.6. The second-order valence-electron chi connectivity index (χ2n) is 7.47. The van der Waals surface area contributed by atoms with E-state index in [1.807, 2.05) is 24.3 Å². The van der Waals surface area contributed by atoms with Crippen LogP contribution in [0.25, 0.3) is 31.1 Å². The predicted octanol–water partition coefficient (Wildman–Crippen LogP) is 5.24. The second kappa shape index (κ2) is 5.78. The highest BCUT2D eigenvalue weighted by Gasteiger charge is 2.24. The fourth-order valence-corrected chi connectivity index (χ4v) is 5.29. The van der Waals surface area contributed by atoms with Crippen LogP contribution < -0.4 is 10.3 Å². The van der Waals surface area contributed by atoms with Gasteiger partial charge in [-0.05, 0) is 37.0 Å². The number of nitrogens with zero attached hydrogens (tertiary/aromatic N) is 2. The Morgan fingerprint density at radius 2 is 2.00 bits per heavy atom. The highest BCUT2D eigenvalue weighted by atomic mass is 32.1. The molecule has 0 bridgehead atoms. The summed E-state index contributed by atoms with van der Waals surface area (Å²) in [5.74, 6) is 1.74. The third kappa shape index (κ3) is 2.32. The average Bonchev–Trinajstić information content (AvgIpc) is 3.20. The summed E-state index contributed by atoms with van der Waals surface area (Å²) in [4.78, 5) is 7.52. The van der Waals surface area contributed by atoms with Crippen LogP contribution in [0.4, 0.5) is 5.82 Å². The maximum atomic E-state index is 8.90. The van der Waals surface area contributed by atoms with Gasteiger partial charge in [0.15, 0.2) is 0 Å². The molecule has 0 radical (unpaired) electrons. The number of aromatic nitrogens is 1. The van der Waals surface area contributed by atoms with Crippen LogP contribution in [0.1, 0.15) is 18.9 Å². The molecule has 4 heteroatoms. The van der Waals surface area contributed by atoms with Gasteiger partial charge >= 0.3 is 0 Å². The molecule has 3 nitrogen and oxygen atoms in total. The number of nitrogens with one attached hydrogen (secondary N) is 1. The summed E-state index contributed by atoms with van der Waals surface area (Å²) in [6, 6.07) is 14.7. The van der Waals surface area contributed by atoms with E-state index in [0.29, 0.717) is 11.3 Å². The smallest absolute Gasteiger partial charge is 0.138 e. The Labute approximate surface area is 156 Å². The SMILES string of the molecule is Cc1ccc2c(c1)sc1c(=N)c3ccccc3nc(N3CCC(C)C3)c12. The van der Waals surface area contributed by atoms with Crippen molar-refractivity contribution in [2.75, 3.05) is 18.0 Å². The Morgan fingerprint density at radius 1 is 1.15 bits per heavy atom. The van der Waals surface area contributed by atoms with E-state index in [9.17, 15) is 0 Å². The van der Waals surface area contributed by atoms with Gasteiger partial charge in [-0.1, -0.05) is 37.3 Å². The first-order chi connectivity index (χ1) is 12.6. The molecule has 4 aromatic rings. The molecular weight excluding hydrogens is 338 g/mol. The standard InChI is InChI=1S/C22H21N3S/c1-13-7-8-16-18(11-13)26-21-19(16)22(25-10-9-14(2)12-25)24-17-6-4-3-5-15(17)20(21)23/h3-8,11,14,23H,9-10,12H2,1-2H3. The molecule has 3 heterocycles. The van der Waals surface area contributed by atoms with E-state index in [1.54, 1.807) is 11.3 Å². The molecule has 26 heavy (non-hydrogen) atoms. The van der Waals surface area contributed by atoms with Crippen molar-refractivity contribution < 1.29 is 0 Å². The van der Waals surface area contributed by atoms with Crippen LogP contribution in [0.5, 0.6) is 0 Å². The molecule has 2 aromatic heterocycles. The molecule has 130 valence electrons. The molecule has 5 rings (SSSR count). The number of hydrogen-bond donors (Lipinski definition) is 1. The zero-order valence-electron chi connectivity index (χ0n) is 15.0. The van der Waals surface area contributed by atoms with E-state index in [4.69, 9.17) is 10.4 Å². The van der Waals surface area contributed by atoms with Gasteiger partial charge in [0.1, 0.15) is 5.82 Å². The van der Waals surface area contributed by atoms with Crippen molar-refractivity contribution in [3.63, 3.8) is 0 Å². The van der Waals surface area contributed by atoms with Gasteiger partial charge in [-0.2, -0.15) is 0 Å². The molecule has 0 spiro atoms. The van der Waals surface area contributed by atoms with Gasteiger partial charge in [-0.25, -0.2) is 4.98 Å². The maximum absolute atomic E-state index is 8.90. The Bertz CT molecular complexity index is 1220. The molecule has 1 atom stereocenters. The minimum absolute atomic E-state index is 0.598. The summed E-state index contributed by atoms with van der Waals surface area (Å²) >= 11 is 1.73. The van der Waals surface area contributed by atoms with Crippen LogP contribution in [0.2, 0.25) is 0 Å². The van der Waals surface area contributed by atoms with Gasteiger partial charge in [0.2, 0.25) is 0 Å². The van der Waals surface area contributed by atoms with Crippen molar-refractivity contribution >= 4 is 48.2 Å². The van der Waals surface area contributed by atoms with Crippen molar-refractivity contribution in [1.29, 1.82) is 5.41 Å². The number of rotatable bonds is 1. The van der Waals surface area contributed by atoms with E-state index < -0.39 is 0 Å². The zero-order valence-corrected chi connectivity index (χ0v) is 15.9. The summed E-state index contributed by atoms with van der Waals surface area (Å²) in [5.41, 5.74) is 2.17. The van der Waals surface area contributed by atoms with Crippen LogP contribution in [0.15, 0.2) is 42.5 Å². The lowest BCUT2D eigenvalue weighted by Gasteiger charge is -2.17. The highest BCUT2D eigenvalue weighted by molar-refractivity contribution is 7.25. The number of benzene rings is 2. The van der Waals surface area contributed by atoms with Gasteiger partial charge < -0.3 is 4.90 Å². The van der Waals surface area contributed by atoms with E-state index in [-0.39, 0.29) is 0 Å². The maximum Gasteiger partial charge on any atom is 0.138 e. The Hall–Kier alpha value is -2.46. The van der Waals surface area contributed by atoms with Crippen molar-refractivity contribution in [3.05, 3.63) is 53.4 Å². The quantitative estimate of drug-likeness (QED) is 0.505. The molecule has 1 saturated heterocycles. The molecule has 1 unspecified atom stereocenters. The first-order valence-corrected chi connectivity index (χ1v) is 9.99. The lowest BCUT2D eigenvalue weighted by atomic mass is 10.1. The summed E-state index contributed by atoms with van der Waals surface area (Å²) in [7, 11) is 0. The number of para-hydroxylation sites is 1. The highest BCUT2D eigenvalue weighted by Crippen LogP contribution is 2.39. The van der Waals surface area contributed by atoms with E-state index in [0.717, 1.165) is 39.9 Å². The molecule has 2 aromatic carbocycles. The molecule has 1 aliphatic rings. The van der Waals surface area contributed by atoms with Crippen molar-refractivity contribution in [1.82, 2.24) is 4.98 Å². The number of anilines is 1. The van der Waals surface area contributed by atoms with Crippen molar-refractivity contribution in [3.8, 4) is 0 Å². The van der Waals surface area contributed by atoms with Gasteiger partial charge in [-0.3, -0.25) is 5.41 Å². The Balaban J connectivity index is 2.00. The number of fused-ring (bicyclic) bond motifs is 4. The van der Waals surface area contributed by atoms with Crippen LogP contribution in [0, 0.1) is 18.3 Å². The first kappa shape index (κ1) is 15.8. The molecule has 0 amide bonds. The van der Waals surface area contributed by atoms with Gasteiger partial charge in [0.25, 0.3) is 0 Å². The lowest BCUT2D eigenvalue weighted by molar-refractivity contribution is 0.659. The second-order valence-corrected chi connectivity index (χ2v) is 8.53. The summed E-state index contributed by atoms with van der Waals surface area (Å²) < 4.78 is 2.30. The minimum atomic E-state index is 0.598. The topological polar surface area (TPSA) is 40.0 Å². The van der Waals surface area contributed by atoms with Gasteiger partial charge in [-0.15, -0.1) is 11.3 Å². The number of thiophene rings is 1. The lowest BCUT2D eigenvalue weighted by Crippen LogP contribution is -2.20. The van der Waals surface area contributed by atoms with Crippen LogP contribution in [0.3, 0.4) is 0 Å². The minimum Gasteiger partial charge on any atom is -0.356 e. The number of hydrogen-bond acceptors (Lipinski definition) is 4. The largest absolute Gasteiger partial charge is 0.356 e. The van der Waals surface area contributed by atoms with E-state index in [1.165, 1.54) is 22.1 Å². The van der Waals surface area contributed by atoms with Crippen LogP contribution in [-0.4, -0.2) is 18.1 Å². The van der Waals surface area contributed by atoms with Gasteiger partial charge in [0.05, 0.1) is 15.6 Å². The Morgan fingerprint density at radius 3 is 2.81 bits per heavy atom. The molecule has 0 saturated carbocycles. The van der Waals surface area contributed by atoms with Gasteiger partial charge in [0, 0.05) is 33.9 Å². The molecule has 1 N–H and O–H groups in total. The van der Waals surface area contributed by atoms with Crippen LogP contribution in [-0.2, 0) is 0 Å².